The Kier molecular flexibility index (Phi) is 2.90. The van der Waals surface area contributed by atoms with Crippen molar-refractivity contribution in [3.8, 4) is 0 Å². The van der Waals surface area contributed by atoms with E-state index in [0.717, 1.165) is 6.42 Å². The molecule has 2 unspecified atom stereocenters. The monoisotopic (exact) mass is 184 g/mol. The molecule has 0 aromatic heterocycles. The van der Waals surface area contributed by atoms with Crippen LogP contribution >= 0.6 is 0 Å². The Bertz CT molecular complexity index is 228. The molecule has 0 aromatic carbocycles. The maximum Gasteiger partial charge on any atom is 0.245 e. The van der Waals surface area contributed by atoms with E-state index in [4.69, 9.17) is 0 Å². The fourth-order valence-corrected chi connectivity index (χ4v) is 1.52. The zero-order valence-electron chi connectivity index (χ0n) is 8.33. The summed E-state index contributed by atoms with van der Waals surface area (Å²) in [7, 11) is 0. The molecule has 0 bridgehead atoms. The van der Waals surface area contributed by atoms with Crippen LogP contribution in [0, 0.1) is 0 Å². The van der Waals surface area contributed by atoms with Gasteiger partial charge in [-0.15, -0.1) is 0 Å². The van der Waals surface area contributed by atoms with Gasteiger partial charge in [-0.3, -0.25) is 9.59 Å². The van der Waals surface area contributed by atoms with Crippen molar-refractivity contribution in [2.24, 2.45) is 0 Å². The van der Waals surface area contributed by atoms with E-state index >= 15 is 0 Å². The van der Waals surface area contributed by atoms with Gasteiger partial charge in [0.2, 0.25) is 11.8 Å². The van der Waals surface area contributed by atoms with Crippen molar-refractivity contribution in [1.29, 1.82) is 0 Å². The molecule has 0 saturated carbocycles. The number of carbonyl (C=O) groups is 2. The van der Waals surface area contributed by atoms with E-state index in [9.17, 15) is 9.59 Å². The van der Waals surface area contributed by atoms with Gasteiger partial charge in [0.1, 0.15) is 12.1 Å². The van der Waals surface area contributed by atoms with Gasteiger partial charge in [0.05, 0.1) is 0 Å². The summed E-state index contributed by atoms with van der Waals surface area (Å²) in [6.45, 7) is 6.14. The van der Waals surface area contributed by atoms with Crippen LogP contribution in [0.3, 0.4) is 0 Å². The zero-order chi connectivity index (χ0) is 10.0. The van der Waals surface area contributed by atoms with Crippen LogP contribution in [0.2, 0.25) is 0 Å². The molecular weight excluding hydrogens is 168 g/mol. The number of hydrogen-bond donors (Lipinski definition) is 1. The first-order valence-corrected chi connectivity index (χ1v) is 4.68. The lowest BCUT2D eigenvalue weighted by atomic mass is 10.1. The largest absolute Gasteiger partial charge is 0.343 e. The van der Waals surface area contributed by atoms with Gasteiger partial charge in [-0.1, -0.05) is 6.92 Å². The number of hydrogen-bond acceptors (Lipinski definition) is 2. The smallest absolute Gasteiger partial charge is 0.245 e. The Labute approximate surface area is 78.3 Å². The molecule has 4 heteroatoms. The zero-order valence-corrected chi connectivity index (χ0v) is 8.33. The van der Waals surface area contributed by atoms with Gasteiger partial charge < -0.3 is 10.2 Å². The highest BCUT2D eigenvalue weighted by Crippen LogP contribution is 2.09. The fraction of sp³-hybridized carbons (Fsp3) is 0.778. The van der Waals surface area contributed by atoms with Crippen molar-refractivity contribution < 1.29 is 9.59 Å². The number of carbonyl (C=O) groups excluding carboxylic acids is 2. The van der Waals surface area contributed by atoms with Crippen molar-refractivity contribution in [2.75, 3.05) is 6.54 Å². The summed E-state index contributed by atoms with van der Waals surface area (Å²) in [5.41, 5.74) is 0. The van der Waals surface area contributed by atoms with Crippen LogP contribution in [0.1, 0.15) is 27.2 Å². The number of nitrogens with one attached hydrogen (secondary N) is 1. The molecule has 0 radical (unpaired) electrons. The van der Waals surface area contributed by atoms with Crippen molar-refractivity contribution >= 4 is 11.8 Å². The third-order valence-corrected chi connectivity index (χ3v) is 2.32. The lowest BCUT2D eigenvalue weighted by molar-refractivity contribution is -0.148. The average molecular weight is 184 g/mol. The predicted octanol–water partition coefficient (Wildman–Crippen LogP) is 0.132. The minimum absolute atomic E-state index is 0.0222. The van der Waals surface area contributed by atoms with Gasteiger partial charge in [-0.05, 0) is 20.3 Å². The molecule has 13 heavy (non-hydrogen) atoms. The second-order valence-corrected chi connectivity index (χ2v) is 3.44. The highest BCUT2D eigenvalue weighted by molar-refractivity contribution is 5.96. The fourth-order valence-electron chi connectivity index (χ4n) is 1.52. The van der Waals surface area contributed by atoms with E-state index in [-0.39, 0.29) is 23.9 Å². The summed E-state index contributed by atoms with van der Waals surface area (Å²) >= 11 is 0. The summed E-state index contributed by atoms with van der Waals surface area (Å²) < 4.78 is 0. The molecule has 4 nitrogen and oxygen atoms in total. The summed E-state index contributed by atoms with van der Waals surface area (Å²) in [6.07, 6.45) is 0.885. The molecule has 0 aliphatic carbocycles. The molecule has 0 spiro atoms. The Morgan fingerprint density at radius 3 is 2.54 bits per heavy atom. The highest BCUT2D eigenvalue weighted by Gasteiger charge is 2.34. The topological polar surface area (TPSA) is 49.4 Å². The van der Waals surface area contributed by atoms with Crippen LogP contribution in [-0.2, 0) is 9.59 Å². The van der Waals surface area contributed by atoms with Gasteiger partial charge in [-0.25, -0.2) is 0 Å². The Morgan fingerprint density at radius 1 is 1.38 bits per heavy atom. The van der Waals surface area contributed by atoms with Crippen LogP contribution in [0.5, 0.6) is 0 Å². The number of amides is 2. The molecule has 74 valence electrons. The first kappa shape index (κ1) is 10.0. The standard InChI is InChI=1S/C9H16N2O2/c1-4-5-11-7(3)8(12)10-6(2)9(11)13/h6-7H,4-5H2,1-3H3,(H,10,12). The van der Waals surface area contributed by atoms with Crippen LogP contribution in [0.4, 0.5) is 0 Å². The number of piperazine rings is 1. The van der Waals surface area contributed by atoms with Crippen molar-refractivity contribution in [2.45, 2.75) is 39.3 Å². The van der Waals surface area contributed by atoms with Crippen LogP contribution in [-0.4, -0.2) is 35.3 Å². The Hall–Kier alpha value is -1.06. The summed E-state index contributed by atoms with van der Waals surface area (Å²) in [4.78, 5) is 24.6. The van der Waals surface area contributed by atoms with Gasteiger partial charge in [0.25, 0.3) is 0 Å². The molecule has 0 aromatic rings. The third-order valence-electron chi connectivity index (χ3n) is 2.32. The Morgan fingerprint density at radius 2 is 2.00 bits per heavy atom. The second-order valence-electron chi connectivity index (χ2n) is 3.44. The lowest BCUT2D eigenvalue weighted by Crippen LogP contribution is -2.61. The van der Waals surface area contributed by atoms with Crippen LogP contribution < -0.4 is 5.32 Å². The molecule has 1 N–H and O–H groups in total. The van der Waals surface area contributed by atoms with E-state index in [0.29, 0.717) is 6.54 Å². The molecule has 2 amide bonds. The molecule has 1 aliphatic rings. The first-order valence-electron chi connectivity index (χ1n) is 4.68. The minimum Gasteiger partial charge on any atom is -0.343 e. The molecule has 2 atom stereocenters. The van der Waals surface area contributed by atoms with E-state index < -0.39 is 0 Å². The molecular formula is C9H16N2O2. The van der Waals surface area contributed by atoms with Crippen LogP contribution in [0.25, 0.3) is 0 Å². The molecule has 1 aliphatic heterocycles. The van der Waals surface area contributed by atoms with Gasteiger partial charge >= 0.3 is 0 Å². The normalized spacial score (nSPS) is 29.0. The minimum atomic E-state index is -0.366. The lowest BCUT2D eigenvalue weighted by Gasteiger charge is -2.35. The molecule has 1 fully saturated rings. The first-order chi connectivity index (χ1) is 6.07. The van der Waals surface area contributed by atoms with E-state index in [1.54, 1.807) is 18.7 Å². The molecule has 1 rings (SSSR count). The predicted molar refractivity (Wildman–Crippen MR) is 49.1 cm³/mol. The molecule has 1 heterocycles. The maximum absolute atomic E-state index is 11.6. The van der Waals surface area contributed by atoms with Crippen LogP contribution in [0.15, 0.2) is 0 Å². The third kappa shape index (κ3) is 1.82. The number of rotatable bonds is 2. The van der Waals surface area contributed by atoms with E-state index in [1.165, 1.54) is 0 Å². The summed E-state index contributed by atoms with van der Waals surface area (Å²) in [6, 6.07) is -0.682. The number of nitrogens with zero attached hydrogens (tertiary/aromatic N) is 1. The Balaban J connectivity index is 2.75. The van der Waals surface area contributed by atoms with Crippen molar-refractivity contribution in [1.82, 2.24) is 10.2 Å². The van der Waals surface area contributed by atoms with Crippen molar-refractivity contribution in [3.63, 3.8) is 0 Å². The van der Waals surface area contributed by atoms with Crippen molar-refractivity contribution in [3.05, 3.63) is 0 Å². The van der Waals surface area contributed by atoms with E-state index in [2.05, 4.69) is 5.32 Å². The summed E-state index contributed by atoms with van der Waals surface area (Å²) in [5.74, 6) is -0.0329. The van der Waals surface area contributed by atoms with E-state index in [1.807, 2.05) is 6.92 Å². The van der Waals surface area contributed by atoms with Gasteiger partial charge in [-0.2, -0.15) is 0 Å². The maximum atomic E-state index is 11.6. The highest BCUT2D eigenvalue weighted by atomic mass is 16.2. The molecule has 1 saturated heterocycles. The summed E-state index contributed by atoms with van der Waals surface area (Å²) in [5, 5.41) is 2.64. The van der Waals surface area contributed by atoms with Gasteiger partial charge in [0.15, 0.2) is 0 Å². The SMILES string of the molecule is CCCN1C(=O)C(C)NC(=O)C1C. The average Bonchev–Trinajstić information content (AvgIpc) is 2.09. The second kappa shape index (κ2) is 3.77. The van der Waals surface area contributed by atoms with Gasteiger partial charge in [0, 0.05) is 6.54 Å². The quantitative estimate of drug-likeness (QED) is 0.663.